The average Bonchev–Trinajstić information content (AvgIpc) is 2.27. The molecule has 0 spiro atoms. The van der Waals surface area contributed by atoms with E-state index in [0.29, 0.717) is 0 Å². The highest BCUT2D eigenvalue weighted by molar-refractivity contribution is 5.89. The Kier molecular flexibility index (Phi) is 4.56. The Bertz CT molecular complexity index is 410. The zero-order valence-corrected chi connectivity index (χ0v) is 9.22. The van der Waals surface area contributed by atoms with Crippen molar-refractivity contribution in [3.8, 4) is 0 Å². The van der Waals surface area contributed by atoms with Crippen LogP contribution in [-0.4, -0.2) is 41.0 Å². The lowest BCUT2D eigenvalue weighted by molar-refractivity contribution is 0.0190. The first-order valence-electron chi connectivity index (χ1n) is 5.00. The molecule has 0 aliphatic carbocycles. The van der Waals surface area contributed by atoms with Crippen molar-refractivity contribution >= 4 is 5.97 Å². The maximum Gasteiger partial charge on any atom is 0.336 e. The smallest absolute Gasteiger partial charge is 0.336 e. The Morgan fingerprint density at radius 1 is 1.47 bits per heavy atom. The first-order chi connectivity index (χ1) is 7.97. The summed E-state index contributed by atoms with van der Waals surface area (Å²) >= 11 is 0. The van der Waals surface area contributed by atoms with Crippen molar-refractivity contribution in [2.45, 2.75) is 12.2 Å². The molecular weight excluding hydrogens is 229 g/mol. The van der Waals surface area contributed by atoms with Gasteiger partial charge in [-0.1, -0.05) is 0 Å². The second kappa shape index (κ2) is 5.72. The zero-order valence-electron chi connectivity index (χ0n) is 9.22. The van der Waals surface area contributed by atoms with Gasteiger partial charge in [0.1, 0.15) is 11.9 Å². The van der Waals surface area contributed by atoms with E-state index >= 15 is 0 Å². The molecule has 1 rings (SSSR count). The van der Waals surface area contributed by atoms with Crippen LogP contribution < -0.4 is 5.32 Å². The molecule has 2 unspecified atom stereocenters. The van der Waals surface area contributed by atoms with Crippen molar-refractivity contribution in [1.82, 2.24) is 5.32 Å². The predicted molar refractivity (Wildman–Crippen MR) is 58.3 cm³/mol. The van der Waals surface area contributed by atoms with E-state index in [9.17, 15) is 19.4 Å². The van der Waals surface area contributed by atoms with Crippen LogP contribution in [0.3, 0.4) is 0 Å². The maximum absolute atomic E-state index is 13.0. The van der Waals surface area contributed by atoms with Crippen molar-refractivity contribution in [2.24, 2.45) is 0 Å². The van der Waals surface area contributed by atoms with Gasteiger partial charge in [0.15, 0.2) is 0 Å². The number of carboxylic acid groups (broad SMARTS) is 1. The highest BCUT2D eigenvalue weighted by Crippen LogP contribution is 2.22. The average molecular weight is 243 g/mol. The molecule has 0 fully saturated rings. The Balaban J connectivity index is 3.10. The molecule has 5 nitrogen and oxygen atoms in total. The molecule has 2 atom stereocenters. The van der Waals surface area contributed by atoms with Crippen LogP contribution >= 0.6 is 0 Å². The van der Waals surface area contributed by atoms with E-state index in [4.69, 9.17) is 5.11 Å². The van der Waals surface area contributed by atoms with Crippen molar-refractivity contribution in [3.05, 3.63) is 35.1 Å². The van der Waals surface area contributed by atoms with E-state index < -0.39 is 24.0 Å². The van der Waals surface area contributed by atoms with E-state index in [1.807, 2.05) is 0 Å². The van der Waals surface area contributed by atoms with Gasteiger partial charge in [-0.25, -0.2) is 9.18 Å². The van der Waals surface area contributed by atoms with Gasteiger partial charge in [0, 0.05) is 12.1 Å². The fourth-order valence-corrected chi connectivity index (χ4v) is 1.50. The molecule has 0 amide bonds. The highest BCUT2D eigenvalue weighted by Gasteiger charge is 2.23. The number of aliphatic hydroxyl groups is 2. The molecule has 0 bridgehead atoms. The summed E-state index contributed by atoms with van der Waals surface area (Å²) in [6.07, 6.45) is -2.66. The van der Waals surface area contributed by atoms with Crippen LogP contribution in [0.1, 0.15) is 22.0 Å². The molecule has 0 aliphatic heterocycles. The first-order valence-corrected chi connectivity index (χ1v) is 5.00. The summed E-state index contributed by atoms with van der Waals surface area (Å²) in [6, 6.07) is 2.96. The fraction of sp³-hybridized carbons (Fsp3) is 0.364. The van der Waals surface area contributed by atoms with Crippen molar-refractivity contribution < 1.29 is 24.5 Å². The van der Waals surface area contributed by atoms with E-state index in [1.54, 1.807) is 7.05 Å². The van der Waals surface area contributed by atoms with Gasteiger partial charge in [0.2, 0.25) is 0 Å². The van der Waals surface area contributed by atoms with E-state index in [-0.39, 0.29) is 17.7 Å². The van der Waals surface area contributed by atoms with Crippen LogP contribution in [0, 0.1) is 5.82 Å². The van der Waals surface area contributed by atoms with Gasteiger partial charge in [0.25, 0.3) is 0 Å². The minimum Gasteiger partial charge on any atom is -0.478 e. The predicted octanol–water partition coefficient (Wildman–Crippen LogP) is 0.138. The number of likely N-dealkylation sites (N-methyl/N-ethyl adjacent to an activating group) is 1. The second-order valence-corrected chi connectivity index (χ2v) is 3.61. The Morgan fingerprint density at radius 3 is 2.65 bits per heavy atom. The number of nitrogens with one attached hydrogen (secondary N) is 1. The lowest BCUT2D eigenvalue weighted by Crippen LogP contribution is -2.30. The first kappa shape index (κ1) is 13.6. The number of hydrogen-bond acceptors (Lipinski definition) is 4. The zero-order chi connectivity index (χ0) is 13.0. The summed E-state index contributed by atoms with van der Waals surface area (Å²) in [4.78, 5) is 10.9. The third-order valence-corrected chi connectivity index (χ3v) is 2.34. The van der Waals surface area contributed by atoms with E-state index in [0.717, 1.165) is 18.2 Å². The fourth-order valence-electron chi connectivity index (χ4n) is 1.50. The maximum atomic E-state index is 13.0. The quantitative estimate of drug-likeness (QED) is 0.590. The SMILES string of the molecule is CNCC(O)C(O)c1cc(F)ccc1C(=O)O. The van der Waals surface area contributed by atoms with Gasteiger partial charge in [-0.15, -0.1) is 0 Å². The van der Waals surface area contributed by atoms with Crippen molar-refractivity contribution in [1.29, 1.82) is 0 Å². The number of carboxylic acids is 1. The van der Waals surface area contributed by atoms with Gasteiger partial charge >= 0.3 is 5.97 Å². The Morgan fingerprint density at radius 2 is 2.12 bits per heavy atom. The molecule has 94 valence electrons. The number of aromatic carboxylic acids is 1. The van der Waals surface area contributed by atoms with Gasteiger partial charge in [-0.05, 0) is 25.2 Å². The molecule has 1 aromatic carbocycles. The van der Waals surface area contributed by atoms with Crippen LogP contribution in [0.2, 0.25) is 0 Å². The van der Waals surface area contributed by atoms with Gasteiger partial charge < -0.3 is 20.6 Å². The molecule has 0 radical (unpaired) electrons. The number of rotatable bonds is 5. The summed E-state index contributed by atoms with van der Waals surface area (Å²) in [6.45, 7) is 0.0662. The van der Waals surface area contributed by atoms with Crippen LogP contribution in [0.25, 0.3) is 0 Å². The number of halogens is 1. The largest absolute Gasteiger partial charge is 0.478 e. The van der Waals surface area contributed by atoms with Gasteiger partial charge in [-0.2, -0.15) is 0 Å². The van der Waals surface area contributed by atoms with Crippen molar-refractivity contribution in [3.63, 3.8) is 0 Å². The van der Waals surface area contributed by atoms with Crippen molar-refractivity contribution in [2.75, 3.05) is 13.6 Å². The number of aliphatic hydroxyl groups excluding tert-OH is 2. The standard InChI is InChI=1S/C11H14FNO4/c1-13-5-9(14)10(15)8-4-6(12)2-3-7(8)11(16)17/h2-4,9-10,13-15H,5H2,1H3,(H,16,17). The molecule has 0 saturated carbocycles. The number of benzene rings is 1. The number of carbonyl (C=O) groups is 1. The highest BCUT2D eigenvalue weighted by atomic mass is 19.1. The minimum absolute atomic E-state index is 0.0662. The molecule has 0 saturated heterocycles. The second-order valence-electron chi connectivity index (χ2n) is 3.61. The summed E-state index contributed by atoms with van der Waals surface area (Å²) < 4.78 is 13.0. The van der Waals surface area contributed by atoms with Crippen LogP contribution in [-0.2, 0) is 0 Å². The third kappa shape index (κ3) is 3.23. The summed E-state index contributed by atoms with van der Waals surface area (Å²) in [5.41, 5.74) is -0.366. The number of hydrogen-bond donors (Lipinski definition) is 4. The molecule has 6 heteroatoms. The molecule has 0 heterocycles. The molecular formula is C11H14FNO4. The molecule has 17 heavy (non-hydrogen) atoms. The Hall–Kier alpha value is -1.50. The monoisotopic (exact) mass is 243 g/mol. The minimum atomic E-state index is -1.45. The summed E-state index contributed by atoms with van der Waals surface area (Å²) in [5.74, 6) is -1.95. The van der Waals surface area contributed by atoms with Crippen LogP contribution in [0.4, 0.5) is 4.39 Å². The van der Waals surface area contributed by atoms with Gasteiger partial charge in [0.05, 0.1) is 11.7 Å². The Labute approximate surface area is 97.5 Å². The van der Waals surface area contributed by atoms with Crippen LogP contribution in [0.5, 0.6) is 0 Å². The normalized spacial score (nSPS) is 14.4. The molecule has 0 aromatic heterocycles. The topological polar surface area (TPSA) is 89.8 Å². The molecule has 4 N–H and O–H groups in total. The molecule has 1 aromatic rings. The van der Waals surface area contributed by atoms with E-state index in [2.05, 4.69) is 5.32 Å². The van der Waals surface area contributed by atoms with E-state index in [1.165, 1.54) is 0 Å². The lowest BCUT2D eigenvalue weighted by atomic mass is 9.98. The lowest BCUT2D eigenvalue weighted by Gasteiger charge is -2.19. The molecule has 0 aliphatic rings. The summed E-state index contributed by atoms with van der Waals surface area (Å²) in [5, 5.41) is 30.8. The van der Waals surface area contributed by atoms with Crippen LogP contribution in [0.15, 0.2) is 18.2 Å². The van der Waals surface area contributed by atoms with Gasteiger partial charge in [-0.3, -0.25) is 0 Å². The third-order valence-electron chi connectivity index (χ3n) is 2.34. The summed E-state index contributed by atoms with van der Waals surface area (Å²) in [7, 11) is 1.57.